The van der Waals surface area contributed by atoms with Gasteiger partial charge >= 0.3 is 0 Å². The second-order valence-corrected chi connectivity index (χ2v) is 5.88. The van der Waals surface area contributed by atoms with E-state index in [9.17, 15) is 9.18 Å². The van der Waals surface area contributed by atoms with E-state index in [1.165, 1.54) is 24.3 Å². The Hall–Kier alpha value is -3.22. The van der Waals surface area contributed by atoms with Crippen molar-refractivity contribution in [3.05, 3.63) is 59.4 Å². The van der Waals surface area contributed by atoms with E-state index in [1.54, 1.807) is 6.92 Å². The molecule has 26 heavy (non-hydrogen) atoms. The first-order valence-corrected chi connectivity index (χ1v) is 8.07. The number of halogens is 1. The number of amides is 1. The molecule has 2 aromatic carbocycles. The molecule has 1 amide bonds. The zero-order chi connectivity index (χ0) is 18.7. The molecule has 0 saturated carbocycles. The first kappa shape index (κ1) is 17.6. The summed E-state index contributed by atoms with van der Waals surface area (Å²) in [6.45, 7) is 5.55. The van der Waals surface area contributed by atoms with Crippen LogP contribution >= 0.6 is 0 Å². The first-order chi connectivity index (χ1) is 12.4. The van der Waals surface area contributed by atoms with E-state index in [-0.39, 0.29) is 17.7 Å². The van der Waals surface area contributed by atoms with Crippen molar-refractivity contribution in [2.24, 2.45) is 0 Å². The van der Waals surface area contributed by atoms with Crippen molar-refractivity contribution in [3.63, 3.8) is 0 Å². The van der Waals surface area contributed by atoms with E-state index in [1.807, 2.05) is 32.0 Å². The molecule has 6 nitrogen and oxygen atoms in total. The summed E-state index contributed by atoms with van der Waals surface area (Å²) in [4.78, 5) is 16.4. The van der Waals surface area contributed by atoms with Gasteiger partial charge in [-0.05, 0) is 67.4 Å². The Kier molecular flexibility index (Phi) is 4.97. The maximum atomic E-state index is 13.0. The van der Waals surface area contributed by atoms with Crippen LogP contribution in [-0.2, 0) is 4.79 Å². The lowest BCUT2D eigenvalue weighted by Crippen LogP contribution is -2.30. The molecule has 0 aliphatic rings. The Morgan fingerprint density at radius 2 is 1.92 bits per heavy atom. The van der Waals surface area contributed by atoms with E-state index in [0.29, 0.717) is 11.3 Å². The zero-order valence-corrected chi connectivity index (χ0v) is 14.6. The summed E-state index contributed by atoms with van der Waals surface area (Å²) in [5.41, 5.74) is 2.61. The van der Waals surface area contributed by atoms with E-state index in [2.05, 4.69) is 15.5 Å². The number of hydrogen-bond donors (Lipinski definition) is 1. The van der Waals surface area contributed by atoms with Gasteiger partial charge < -0.3 is 9.26 Å². The lowest BCUT2D eigenvalue weighted by Gasteiger charge is -2.16. The fourth-order valence-corrected chi connectivity index (χ4v) is 2.29. The lowest BCUT2D eigenvalue weighted by atomic mass is 10.1. The molecule has 0 spiro atoms. The highest BCUT2D eigenvalue weighted by Gasteiger charge is 2.19. The predicted octanol–water partition coefficient (Wildman–Crippen LogP) is 3.90. The fraction of sp³-hybridized carbons (Fsp3) is 0.211. The monoisotopic (exact) mass is 355 g/mol. The van der Waals surface area contributed by atoms with Crippen LogP contribution in [0.5, 0.6) is 5.75 Å². The summed E-state index contributed by atoms with van der Waals surface area (Å²) >= 11 is 0. The second kappa shape index (κ2) is 7.35. The summed E-state index contributed by atoms with van der Waals surface area (Å²) in [5, 5.41) is 6.25. The third-order valence-electron chi connectivity index (χ3n) is 3.98. The van der Waals surface area contributed by atoms with E-state index >= 15 is 0 Å². The minimum atomic E-state index is -0.747. The Morgan fingerprint density at radius 1 is 1.19 bits per heavy atom. The third-order valence-corrected chi connectivity index (χ3v) is 3.98. The molecule has 0 saturated heterocycles. The van der Waals surface area contributed by atoms with Gasteiger partial charge in [0.15, 0.2) is 6.10 Å². The molecule has 0 fully saturated rings. The average Bonchev–Trinajstić information content (AvgIpc) is 3.08. The van der Waals surface area contributed by atoms with Crippen LogP contribution < -0.4 is 10.1 Å². The van der Waals surface area contributed by atoms with E-state index < -0.39 is 12.0 Å². The number of anilines is 1. The summed E-state index contributed by atoms with van der Waals surface area (Å²) in [7, 11) is 0. The molecule has 1 N–H and O–H groups in total. The Bertz CT molecular complexity index is 922. The SMILES string of the molecule is Cc1cccc(O[C@@H](C)C(=O)Nc2noc(-c3ccc(F)cc3)n2)c1C. The van der Waals surface area contributed by atoms with Gasteiger partial charge in [-0.25, -0.2) is 4.39 Å². The summed E-state index contributed by atoms with van der Waals surface area (Å²) in [5.74, 6) is 0.0819. The normalized spacial score (nSPS) is 11.8. The van der Waals surface area contributed by atoms with Crippen LogP contribution in [-0.4, -0.2) is 22.2 Å². The Morgan fingerprint density at radius 3 is 2.65 bits per heavy atom. The summed E-state index contributed by atoms with van der Waals surface area (Å²) < 4.78 is 23.8. The molecule has 0 unspecified atom stereocenters. The van der Waals surface area contributed by atoms with Gasteiger partial charge in [0.2, 0.25) is 0 Å². The highest BCUT2D eigenvalue weighted by molar-refractivity contribution is 5.92. The number of ether oxygens (including phenoxy) is 1. The molecule has 0 aliphatic heterocycles. The molecule has 0 bridgehead atoms. The maximum Gasteiger partial charge on any atom is 0.270 e. The number of nitrogens with zero attached hydrogens (tertiary/aromatic N) is 2. The molecular weight excluding hydrogens is 337 g/mol. The van der Waals surface area contributed by atoms with Crippen LogP contribution in [0.4, 0.5) is 10.3 Å². The van der Waals surface area contributed by atoms with Crippen molar-refractivity contribution < 1.29 is 18.4 Å². The Balaban J connectivity index is 1.66. The highest BCUT2D eigenvalue weighted by Crippen LogP contribution is 2.22. The minimum absolute atomic E-state index is 0.0192. The van der Waals surface area contributed by atoms with Gasteiger partial charge in [-0.15, -0.1) is 0 Å². The number of carbonyl (C=O) groups is 1. The number of aromatic nitrogens is 2. The molecule has 3 aromatic rings. The summed E-state index contributed by atoms with van der Waals surface area (Å²) in [6.07, 6.45) is -0.747. The van der Waals surface area contributed by atoms with Crippen LogP contribution in [0.25, 0.3) is 11.5 Å². The van der Waals surface area contributed by atoms with E-state index in [0.717, 1.165) is 11.1 Å². The predicted molar refractivity (Wildman–Crippen MR) is 94.3 cm³/mol. The highest BCUT2D eigenvalue weighted by atomic mass is 19.1. The van der Waals surface area contributed by atoms with Crippen molar-refractivity contribution in [1.82, 2.24) is 10.1 Å². The number of rotatable bonds is 5. The zero-order valence-electron chi connectivity index (χ0n) is 14.6. The van der Waals surface area contributed by atoms with Gasteiger partial charge in [0.25, 0.3) is 17.7 Å². The van der Waals surface area contributed by atoms with Crippen molar-refractivity contribution in [2.75, 3.05) is 5.32 Å². The van der Waals surface area contributed by atoms with Gasteiger partial charge in [0.05, 0.1) is 0 Å². The van der Waals surface area contributed by atoms with Gasteiger partial charge in [-0.1, -0.05) is 12.1 Å². The maximum absolute atomic E-state index is 13.0. The topological polar surface area (TPSA) is 77.2 Å². The molecule has 3 rings (SSSR count). The molecule has 0 radical (unpaired) electrons. The molecule has 7 heteroatoms. The number of carbonyl (C=O) groups excluding carboxylic acids is 1. The van der Waals surface area contributed by atoms with Gasteiger partial charge in [-0.3, -0.25) is 10.1 Å². The molecule has 134 valence electrons. The Labute approximate surface area is 150 Å². The fourth-order valence-electron chi connectivity index (χ4n) is 2.29. The molecule has 1 heterocycles. The van der Waals surface area contributed by atoms with Crippen LogP contribution in [0.1, 0.15) is 18.1 Å². The molecule has 1 atom stereocenters. The van der Waals surface area contributed by atoms with Gasteiger partial charge in [0, 0.05) is 5.56 Å². The van der Waals surface area contributed by atoms with Crippen LogP contribution in [0, 0.1) is 19.7 Å². The number of hydrogen-bond acceptors (Lipinski definition) is 5. The van der Waals surface area contributed by atoms with E-state index in [4.69, 9.17) is 9.26 Å². The number of nitrogens with one attached hydrogen (secondary N) is 1. The summed E-state index contributed by atoms with van der Waals surface area (Å²) in [6, 6.07) is 11.3. The van der Waals surface area contributed by atoms with Gasteiger partial charge in [-0.2, -0.15) is 4.98 Å². The molecular formula is C19H18FN3O3. The number of aryl methyl sites for hydroxylation is 1. The first-order valence-electron chi connectivity index (χ1n) is 8.07. The largest absolute Gasteiger partial charge is 0.481 e. The minimum Gasteiger partial charge on any atom is -0.481 e. The lowest BCUT2D eigenvalue weighted by molar-refractivity contribution is -0.122. The van der Waals surface area contributed by atoms with Crippen molar-refractivity contribution in [1.29, 1.82) is 0 Å². The second-order valence-electron chi connectivity index (χ2n) is 5.88. The van der Waals surface area contributed by atoms with Crippen molar-refractivity contribution in [2.45, 2.75) is 26.9 Å². The quantitative estimate of drug-likeness (QED) is 0.751. The van der Waals surface area contributed by atoms with Gasteiger partial charge in [0.1, 0.15) is 11.6 Å². The smallest absolute Gasteiger partial charge is 0.270 e. The third kappa shape index (κ3) is 3.88. The van der Waals surface area contributed by atoms with Crippen LogP contribution in [0.2, 0.25) is 0 Å². The molecule has 0 aliphatic carbocycles. The van der Waals surface area contributed by atoms with Crippen LogP contribution in [0.15, 0.2) is 47.0 Å². The van der Waals surface area contributed by atoms with Crippen molar-refractivity contribution in [3.8, 4) is 17.2 Å². The number of benzene rings is 2. The van der Waals surface area contributed by atoms with Crippen LogP contribution in [0.3, 0.4) is 0 Å². The van der Waals surface area contributed by atoms with Crippen molar-refractivity contribution >= 4 is 11.9 Å². The average molecular weight is 355 g/mol. The standard InChI is InChI=1S/C19H18FN3O3/c1-11-5-4-6-16(12(11)2)25-13(3)17(24)21-19-22-18(26-23-19)14-7-9-15(20)10-8-14/h4-10,13H,1-3H3,(H,21,23,24)/t13-/m0/s1. The molecule has 1 aromatic heterocycles.